The zero-order chi connectivity index (χ0) is 24.2. The largest absolute Gasteiger partial charge is 0.434 e. The van der Waals surface area contributed by atoms with Gasteiger partial charge < -0.3 is 25.0 Å². The number of hydrogen-bond acceptors (Lipinski definition) is 7. The molecule has 1 unspecified atom stereocenters. The number of amides is 1. The molecule has 33 heavy (non-hydrogen) atoms. The van der Waals surface area contributed by atoms with Gasteiger partial charge in [0.15, 0.2) is 0 Å². The van der Waals surface area contributed by atoms with Crippen molar-refractivity contribution in [3.05, 3.63) is 18.5 Å². The van der Waals surface area contributed by atoms with Crippen molar-refractivity contribution in [2.45, 2.75) is 62.3 Å². The quantitative estimate of drug-likeness (QED) is 0.641. The molecule has 1 aromatic heterocycles. The van der Waals surface area contributed by atoms with Gasteiger partial charge in [-0.25, -0.2) is 14.8 Å². The molecule has 1 aromatic rings. The lowest BCUT2D eigenvalue weighted by molar-refractivity contribution is -0.308. The van der Waals surface area contributed by atoms with Gasteiger partial charge in [-0.2, -0.15) is 26.3 Å². The average Bonchev–Trinajstić information content (AvgIpc) is 2.75. The van der Waals surface area contributed by atoms with Crippen LogP contribution in [0.25, 0.3) is 0 Å². The van der Waals surface area contributed by atoms with Crippen LogP contribution in [0.2, 0.25) is 0 Å². The van der Waals surface area contributed by atoms with E-state index in [9.17, 15) is 31.1 Å². The Bertz CT molecular complexity index is 759. The Morgan fingerprint density at radius 2 is 1.67 bits per heavy atom. The summed E-state index contributed by atoms with van der Waals surface area (Å²) in [6, 6.07) is 0.137. The summed E-state index contributed by atoms with van der Waals surface area (Å²) in [5.74, 6) is 0.586. The summed E-state index contributed by atoms with van der Waals surface area (Å²) in [5.41, 5.74) is 6.02. The van der Waals surface area contributed by atoms with Gasteiger partial charge in [0.2, 0.25) is 5.95 Å². The van der Waals surface area contributed by atoms with Gasteiger partial charge in [0.1, 0.15) is 0 Å². The lowest BCUT2D eigenvalue weighted by Crippen LogP contribution is -2.58. The Morgan fingerprint density at radius 1 is 1.06 bits per heavy atom. The number of halogens is 6. The second-order valence-electron chi connectivity index (χ2n) is 7.98. The number of carbonyl (C=O) groups excluding carboxylic acids is 1. The van der Waals surface area contributed by atoms with E-state index in [1.54, 1.807) is 18.5 Å². The lowest BCUT2D eigenvalue weighted by atomic mass is 9.98. The topological polar surface area (TPSA) is 93.8 Å². The normalized spacial score (nSPS) is 23.2. The van der Waals surface area contributed by atoms with Crippen LogP contribution in [-0.4, -0.2) is 83.8 Å². The average molecular weight is 485 g/mol. The molecule has 0 spiro atoms. The fourth-order valence-corrected chi connectivity index (χ4v) is 3.93. The maximum Gasteiger partial charge on any atom is 0.434 e. The van der Waals surface area contributed by atoms with Gasteiger partial charge in [-0.1, -0.05) is 0 Å². The molecule has 3 rings (SSSR count). The third kappa shape index (κ3) is 6.59. The van der Waals surface area contributed by atoms with Crippen molar-refractivity contribution in [1.82, 2.24) is 14.9 Å². The van der Waals surface area contributed by atoms with E-state index in [1.807, 2.05) is 4.90 Å². The highest BCUT2D eigenvalue weighted by molar-refractivity contribution is 5.68. The first-order valence-corrected chi connectivity index (χ1v) is 10.5. The molecule has 0 aliphatic carbocycles. The van der Waals surface area contributed by atoms with E-state index in [-0.39, 0.29) is 19.3 Å². The third-order valence-electron chi connectivity index (χ3n) is 5.66. The molecule has 0 radical (unpaired) electrons. The first kappa shape index (κ1) is 25.3. The first-order valence-electron chi connectivity index (χ1n) is 10.5. The SMILES string of the molecule is NC1CCCN(C(=O)OC(C(F)(F)F)C(F)(F)F)[C@H]1COC1CCN(c2ncccn2)CC1. The van der Waals surface area contributed by atoms with Crippen LogP contribution in [0.1, 0.15) is 25.7 Å². The number of carbonyl (C=O) groups is 1. The van der Waals surface area contributed by atoms with E-state index in [0.717, 1.165) is 4.90 Å². The Kier molecular flexibility index (Phi) is 7.88. The summed E-state index contributed by atoms with van der Waals surface area (Å²) in [7, 11) is 0. The molecule has 0 aromatic carbocycles. The summed E-state index contributed by atoms with van der Waals surface area (Å²) < 4.78 is 86.4. The number of ether oxygens (including phenoxy) is 2. The molecule has 2 N–H and O–H groups in total. The molecule has 2 saturated heterocycles. The number of anilines is 1. The Hall–Kier alpha value is -2.35. The molecular weight excluding hydrogens is 460 g/mol. The molecule has 186 valence electrons. The second-order valence-corrected chi connectivity index (χ2v) is 7.98. The summed E-state index contributed by atoms with van der Waals surface area (Å²) in [6.45, 7) is 1.02. The van der Waals surface area contributed by atoms with E-state index in [1.165, 1.54) is 0 Å². The Labute approximate surface area is 186 Å². The number of nitrogens with zero attached hydrogens (tertiary/aromatic N) is 4. The van der Waals surface area contributed by atoms with E-state index in [0.29, 0.717) is 44.7 Å². The van der Waals surface area contributed by atoms with Crippen molar-refractivity contribution >= 4 is 12.0 Å². The van der Waals surface area contributed by atoms with Crippen molar-refractivity contribution in [2.75, 3.05) is 31.1 Å². The van der Waals surface area contributed by atoms with Crippen LogP contribution in [0, 0.1) is 0 Å². The van der Waals surface area contributed by atoms with Gasteiger partial charge in [0.05, 0.1) is 18.8 Å². The van der Waals surface area contributed by atoms with Crippen molar-refractivity contribution in [3.8, 4) is 0 Å². The number of likely N-dealkylation sites (tertiary alicyclic amines) is 1. The van der Waals surface area contributed by atoms with Crippen LogP contribution < -0.4 is 10.6 Å². The molecule has 2 fully saturated rings. The minimum absolute atomic E-state index is 0.0766. The number of aromatic nitrogens is 2. The minimum atomic E-state index is -5.78. The van der Waals surface area contributed by atoms with Crippen LogP contribution in [0.3, 0.4) is 0 Å². The molecule has 2 atom stereocenters. The van der Waals surface area contributed by atoms with Crippen molar-refractivity contribution in [1.29, 1.82) is 0 Å². The van der Waals surface area contributed by atoms with E-state index >= 15 is 0 Å². The summed E-state index contributed by atoms with van der Waals surface area (Å²) in [5, 5.41) is 0. The van der Waals surface area contributed by atoms with Gasteiger partial charge in [-0.15, -0.1) is 0 Å². The minimum Gasteiger partial charge on any atom is -0.426 e. The van der Waals surface area contributed by atoms with Gasteiger partial charge >= 0.3 is 18.4 Å². The molecule has 14 heteroatoms. The highest BCUT2D eigenvalue weighted by Gasteiger charge is 2.60. The lowest BCUT2D eigenvalue weighted by Gasteiger charge is -2.40. The maximum atomic E-state index is 12.8. The fourth-order valence-electron chi connectivity index (χ4n) is 3.93. The van der Waals surface area contributed by atoms with E-state index in [2.05, 4.69) is 14.7 Å². The summed E-state index contributed by atoms with van der Waals surface area (Å²) >= 11 is 0. The molecule has 2 aliphatic heterocycles. The van der Waals surface area contributed by atoms with Crippen molar-refractivity contribution in [3.63, 3.8) is 0 Å². The highest BCUT2D eigenvalue weighted by Crippen LogP contribution is 2.36. The van der Waals surface area contributed by atoms with E-state index in [4.69, 9.17) is 10.5 Å². The number of hydrogen-bond donors (Lipinski definition) is 1. The van der Waals surface area contributed by atoms with Crippen LogP contribution in [0.15, 0.2) is 18.5 Å². The molecule has 0 bridgehead atoms. The number of nitrogens with two attached hydrogens (primary N) is 1. The predicted molar refractivity (Wildman–Crippen MR) is 103 cm³/mol. The number of alkyl halides is 6. The molecule has 0 saturated carbocycles. The van der Waals surface area contributed by atoms with Gasteiger partial charge in [0.25, 0.3) is 6.10 Å². The molecule has 8 nitrogen and oxygen atoms in total. The smallest absolute Gasteiger partial charge is 0.426 e. The summed E-state index contributed by atoms with van der Waals surface area (Å²) in [6.07, 6.45) is -12.5. The van der Waals surface area contributed by atoms with Crippen molar-refractivity contribution in [2.24, 2.45) is 5.73 Å². The number of rotatable bonds is 5. The third-order valence-corrected chi connectivity index (χ3v) is 5.66. The van der Waals surface area contributed by atoms with Crippen LogP contribution in [-0.2, 0) is 9.47 Å². The van der Waals surface area contributed by atoms with Gasteiger partial charge in [-0.05, 0) is 31.7 Å². The first-order chi connectivity index (χ1) is 15.5. The van der Waals surface area contributed by atoms with Crippen LogP contribution in [0.5, 0.6) is 0 Å². The zero-order valence-electron chi connectivity index (χ0n) is 17.6. The second kappa shape index (κ2) is 10.3. The predicted octanol–water partition coefficient (Wildman–Crippen LogP) is 2.88. The highest BCUT2D eigenvalue weighted by atomic mass is 19.4. The van der Waals surface area contributed by atoms with E-state index < -0.39 is 36.6 Å². The van der Waals surface area contributed by atoms with Gasteiger partial charge in [-0.3, -0.25) is 0 Å². The zero-order valence-corrected chi connectivity index (χ0v) is 17.6. The van der Waals surface area contributed by atoms with Crippen LogP contribution in [0.4, 0.5) is 37.1 Å². The van der Waals surface area contributed by atoms with Crippen molar-refractivity contribution < 1.29 is 40.6 Å². The van der Waals surface area contributed by atoms with Gasteiger partial charge in [0, 0.05) is 38.1 Å². The monoisotopic (exact) mass is 485 g/mol. The molecule has 3 heterocycles. The molecular formula is C19H25F6N5O3. The summed E-state index contributed by atoms with van der Waals surface area (Å²) in [4.78, 5) is 23.4. The molecule has 2 aliphatic rings. The molecule has 1 amide bonds. The van der Waals surface area contributed by atoms with Crippen LogP contribution >= 0.6 is 0 Å². The fraction of sp³-hybridized carbons (Fsp3) is 0.737. The Balaban J connectivity index is 1.57. The number of piperidine rings is 2. The maximum absolute atomic E-state index is 12.8. The standard InChI is InChI=1S/C19H25F6N5O3/c20-18(21,22)15(19(23,24)25)33-17(31)30-8-1-3-13(26)14(30)11-32-12-4-9-29(10-5-12)16-27-6-2-7-28-16/h2,6-7,12-15H,1,3-5,8-11,26H2/t13?,14-/m0/s1. The Morgan fingerprint density at radius 3 is 2.24 bits per heavy atom.